The Balaban J connectivity index is 1.22. The van der Waals surface area contributed by atoms with Gasteiger partial charge in [-0.1, -0.05) is 12.1 Å². The smallest absolute Gasteiger partial charge is 0.296 e. The highest BCUT2D eigenvalue weighted by Gasteiger charge is 2.32. The zero-order valence-electron chi connectivity index (χ0n) is 22.5. The molecule has 3 aromatic rings. The molecule has 0 amide bonds. The second-order valence-electron chi connectivity index (χ2n) is 10.8. The summed E-state index contributed by atoms with van der Waals surface area (Å²) in [6, 6.07) is 9.08. The molecule has 2 aromatic heterocycles. The molecule has 216 valence electrons. The van der Waals surface area contributed by atoms with E-state index in [1.165, 1.54) is 4.57 Å². The highest BCUT2D eigenvalue weighted by molar-refractivity contribution is 5.78. The molecule has 12 heteroatoms. The van der Waals surface area contributed by atoms with Crippen molar-refractivity contribution >= 4 is 22.8 Å². The van der Waals surface area contributed by atoms with Gasteiger partial charge < -0.3 is 19.7 Å². The molecule has 0 unspecified atom stereocenters. The van der Waals surface area contributed by atoms with Gasteiger partial charge in [-0.25, -0.2) is 18.2 Å². The second-order valence-corrected chi connectivity index (χ2v) is 10.8. The molecule has 4 heterocycles. The molecule has 1 aliphatic carbocycles. The Morgan fingerprint density at radius 3 is 2.50 bits per heavy atom. The minimum atomic E-state index is -2.76. The number of halogens is 3. The van der Waals surface area contributed by atoms with Gasteiger partial charge in [0.25, 0.3) is 6.43 Å². The van der Waals surface area contributed by atoms with Crippen LogP contribution in [-0.2, 0) is 9.47 Å². The fourth-order valence-corrected chi connectivity index (χ4v) is 6.17. The number of hydrogen-bond acceptors (Lipinski definition) is 8. The molecule has 3 fully saturated rings. The number of ether oxygens (including phenoxy) is 2. The Hall–Kier alpha value is -2.96. The van der Waals surface area contributed by atoms with Crippen LogP contribution >= 0.6 is 0 Å². The molecule has 0 spiro atoms. The summed E-state index contributed by atoms with van der Waals surface area (Å²) < 4.78 is 54.2. The number of fused-ring (bicyclic) bond motifs is 1. The van der Waals surface area contributed by atoms with Crippen molar-refractivity contribution in [2.75, 3.05) is 69.5 Å². The normalized spacial score (nSPS) is 24.6. The number of aromatic nitrogens is 4. The zero-order valence-corrected chi connectivity index (χ0v) is 22.5. The molecule has 1 aromatic carbocycles. The maximum atomic E-state index is 14.1. The molecule has 0 radical (unpaired) electrons. The van der Waals surface area contributed by atoms with Gasteiger partial charge in [-0.15, -0.1) is 0 Å². The highest BCUT2D eigenvalue weighted by atomic mass is 19.3. The average molecular weight is 560 g/mol. The van der Waals surface area contributed by atoms with Crippen molar-refractivity contribution in [1.82, 2.24) is 24.4 Å². The van der Waals surface area contributed by atoms with Crippen LogP contribution in [-0.4, -0.2) is 95.8 Å². The first kappa shape index (κ1) is 27.2. The molecule has 2 saturated heterocycles. The van der Waals surface area contributed by atoms with E-state index in [0.717, 1.165) is 32.2 Å². The maximum absolute atomic E-state index is 14.1. The van der Waals surface area contributed by atoms with Crippen LogP contribution in [0.1, 0.15) is 37.9 Å². The molecule has 3 aliphatic rings. The van der Waals surface area contributed by atoms with E-state index < -0.39 is 6.43 Å². The van der Waals surface area contributed by atoms with Crippen molar-refractivity contribution in [1.29, 1.82) is 0 Å². The number of hydrogen-bond donors (Lipinski definition) is 1. The summed E-state index contributed by atoms with van der Waals surface area (Å²) in [4.78, 5) is 18.0. The number of nitrogens with one attached hydrogen (secondary N) is 1. The summed E-state index contributed by atoms with van der Waals surface area (Å²) in [5, 5.41) is 3.48. The van der Waals surface area contributed by atoms with E-state index in [4.69, 9.17) is 19.4 Å². The number of rotatable bonds is 8. The summed E-state index contributed by atoms with van der Waals surface area (Å²) in [6.07, 6.45) is 1.35. The number of imidazole rings is 1. The van der Waals surface area contributed by atoms with Crippen LogP contribution in [0.3, 0.4) is 0 Å². The first-order valence-corrected chi connectivity index (χ1v) is 14.2. The minimum Gasteiger partial charge on any atom is -0.378 e. The monoisotopic (exact) mass is 559 g/mol. The van der Waals surface area contributed by atoms with Crippen LogP contribution in [0.25, 0.3) is 16.9 Å². The van der Waals surface area contributed by atoms with Crippen molar-refractivity contribution < 1.29 is 22.6 Å². The average Bonchev–Trinajstić information content (AvgIpc) is 3.41. The van der Waals surface area contributed by atoms with Crippen LogP contribution in [0.2, 0.25) is 0 Å². The summed E-state index contributed by atoms with van der Waals surface area (Å²) in [6.45, 7) is 4.64. The number of nitrogens with zero attached hydrogens (tertiary/aromatic N) is 6. The van der Waals surface area contributed by atoms with E-state index in [-0.39, 0.29) is 18.5 Å². The Bertz CT molecular complexity index is 1280. The third-order valence-corrected chi connectivity index (χ3v) is 8.31. The zero-order chi connectivity index (χ0) is 27.5. The Labute approximate surface area is 231 Å². The summed E-state index contributed by atoms with van der Waals surface area (Å²) in [7, 11) is 0. The quantitative estimate of drug-likeness (QED) is 0.439. The van der Waals surface area contributed by atoms with E-state index in [2.05, 4.69) is 15.2 Å². The lowest BCUT2D eigenvalue weighted by atomic mass is 9.84. The number of benzene rings is 1. The summed E-state index contributed by atoms with van der Waals surface area (Å²) in [5.74, 6) is 1.53. The fourth-order valence-electron chi connectivity index (χ4n) is 6.17. The molecule has 1 saturated carbocycles. The molecule has 2 aliphatic heterocycles. The summed E-state index contributed by atoms with van der Waals surface area (Å²) in [5.41, 5.74) is 1.06. The van der Waals surface area contributed by atoms with Crippen molar-refractivity contribution in [3.8, 4) is 5.82 Å². The number of para-hydroxylation sites is 2. The molecular weight excluding hydrogens is 523 g/mol. The topological polar surface area (TPSA) is 80.6 Å². The third-order valence-electron chi connectivity index (χ3n) is 8.31. The molecule has 1 N–H and O–H groups in total. The van der Waals surface area contributed by atoms with Gasteiger partial charge in [0.2, 0.25) is 5.95 Å². The third kappa shape index (κ3) is 5.75. The molecular formula is C28H36F3N7O2. The van der Waals surface area contributed by atoms with Crippen molar-refractivity contribution in [2.45, 2.75) is 44.2 Å². The SMILES string of the molecule is FC[C@@H]1COCCN1C1CCC(CNc2cc(-n3c(C(F)F)nc4ccccc43)nc(N3CCOCC3)n2)CC1. The van der Waals surface area contributed by atoms with E-state index >= 15 is 0 Å². The highest BCUT2D eigenvalue weighted by Crippen LogP contribution is 2.32. The van der Waals surface area contributed by atoms with Crippen LogP contribution < -0.4 is 10.2 Å². The van der Waals surface area contributed by atoms with Gasteiger partial charge >= 0.3 is 0 Å². The van der Waals surface area contributed by atoms with E-state index in [9.17, 15) is 13.2 Å². The van der Waals surface area contributed by atoms with Crippen LogP contribution in [0.15, 0.2) is 30.3 Å². The lowest BCUT2D eigenvalue weighted by molar-refractivity contribution is -0.0455. The standard InChI is InChI=1S/C28H36F3N7O2/c29-16-21-18-40-14-11-37(21)20-7-5-19(6-8-20)17-32-24-15-25(35-28(34-24)36-9-12-39-13-10-36)38-23-4-2-1-3-22(23)33-27(38)26(30)31/h1-4,15,19-21,26H,5-14,16-18H2,(H,32,34,35)/t19?,20?,21-/m1/s1. The molecule has 0 bridgehead atoms. The molecule has 9 nitrogen and oxygen atoms in total. The first-order valence-electron chi connectivity index (χ1n) is 14.2. The van der Waals surface area contributed by atoms with Crippen molar-refractivity contribution in [2.24, 2.45) is 5.92 Å². The van der Waals surface area contributed by atoms with Crippen LogP contribution in [0.5, 0.6) is 0 Å². The molecule has 40 heavy (non-hydrogen) atoms. The minimum absolute atomic E-state index is 0.135. The summed E-state index contributed by atoms with van der Waals surface area (Å²) >= 11 is 0. The van der Waals surface area contributed by atoms with Crippen LogP contribution in [0.4, 0.5) is 24.9 Å². The number of morpholine rings is 2. The fraction of sp³-hybridized carbons (Fsp3) is 0.607. The van der Waals surface area contributed by atoms with Gasteiger partial charge in [-0.05, 0) is 43.7 Å². The lowest BCUT2D eigenvalue weighted by Gasteiger charge is -2.42. The Kier molecular flexibility index (Phi) is 8.35. The van der Waals surface area contributed by atoms with Gasteiger partial charge in [0.15, 0.2) is 5.82 Å². The predicted molar refractivity (Wildman–Crippen MR) is 146 cm³/mol. The first-order chi connectivity index (χ1) is 19.6. The van der Waals surface area contributed by atoms with Crippen molar-refractivity contribution in [3.63, 3.8) is 0 Å². The second kappa shape index (κ2) is 12.3. The van der Waals surface area contributed by atoms with Gasteiger partial charge in [0.1, 0.15) is 18.3 Å². The number of alkyl halides is 3. The Morgan fingerprint density at radius 1 is 0.950 bits per heavy atom. The maximum Gasteiger partial charge on any atom is 0.296 e. The molecule has 1 atom stereocenters. The van der Waals surface area contributed by atoms with E-state index in [1.54, 1.807) is 24.3 Å². The van der Waals surface area contributed by atoms with Crippen molar-refractivity contribution in [3.05, 3.63) is 36.2 Å². The largest absolute Gasteiger partial charge is 0.378 e. The van der Waals surface area contributed by atoms with Gasteiger partial charge in [0.05, 0.1) is 43.5 Å². The van der Waals surface area contributed by atoms with Crippen LogP contribution in [0, 0.1) is 5.92 Å². The van der Waals surface area contributed by atoms with Gasteiger partial charge in [-0.3, -0.25) is 9.47 Å². The lowest BCUT2D eigenvalue weighted by Crippen LogP contribution is -2.52. The molecule has 6 rings (SSSR count). The van der Waals surface area contributed by atoms with Gasteiger partial charge in [-0.2, -0.15) is 9.97 Å². The Morgan fingerprint density at radius 2 is 1.73 bits per heavy atom. The number of anilines is 2. The van der Waals surface area contributed by atoms with Gasteiger partial charge in [0, 0.05) is 38.3 Å². The predicted octanol–water partition coefficient (Wildman–Crippen LogP) is 4.23. The van der Waals surface area contributed by atoms with E-state index in [0.29, 0.717) is 86.6 Å². The van der Waals surface area contributed by atoms with E-state index in [1.807, 2.05) is 11.0 Å².